The average molecular weight is 333 g/mol. The van der Waals surface area contributed by atoms with E-state index in [4.69, 9.17) is 28.0 Å². The maximum absolute atomic E-state index is 12.2. The van der Waals surface area contributed by atoms with Gasteiger partial charge in [0.05, 0.1) is 17.2 Å². The van der Waals surface area contributed by atoms with Gasteiger partial charge in [0.1, 0.15) is 6.04 Å². The van der Waals surface area contributed by atoms with E-state index in [2.05, 4.69) is 10.8 Å². The quantitative estimate of drug-likeness (QED) is 0.787. The highest BCUT2D eigenvalue weighted by atomic mass is 35.5. The van der Waals surface area contributed by atoms with Gasteiger partial charge in [-0.15, -0.1) is 0 Å². The fourth-order valence-electron chi connectivity index (χ4n) is 1.63. The van der Waals surface area contributed by atoms with Crippen LogP contribution < -0.4 is 10.8 Å². The second-order valence-electron chi connectivity index (χ2n) is 4.72. The molecule has 0 bridgehead atoms. The summed E-state index contributed by atoms with van der Waals surface area (Å²) in [7, 11) is 0. The lowest BCUT2D eigenvalue weighted by Crippen LogP contribution is -2.49. The number of rotatable bonds is 6. The minimum Gasteiger partial charge on any atom is -0.340 e. The van der Waals surface area contributed by atoms with Crippen molar-refractivity contribution in [3.05, 3.63) is 33.8 Å². The van der Waals surface area contributed by atoms with Crippen LogP contribution in [0.4, 0.5) is 0 Å². The minimum atomic E-state index is -0.726. The molecule has 1 aromatic rings. The smallest absolute Gasteiger partial charge is 0.266 e. The second kappa shape index (κ2) is 8.22. The fourth-order valence-corrected chi connectivity index (χ4v) is 2.13. The number of carbonyl (C=O) groups excluding carboxylic acids is 2. The summed E-state index contributed by atoms with van der Waals surface area (Å²) in [4.78, 5) is 29.0. The molecule has 0 saturated carbocycles. The van der Waals surface area contributed by atoms with E-state index in [9.17, 15) is 9.59 Å². The molecule has 1 rings (SSSR count). The van der Waals surface area contributed by atoms with Crippen LogP contribution in [-0.4, -0.2) is 24.5 Å². The molecule has 0 saturated heterocycles. The van der Waals surface area contributed by atoms with Crippen molar-refractivity contribution in [1.82, 2.24) is 10.8 Å². The normalized spacial score (nSPS) is 12.1. The molecule has 0 aliphatic carbocycles. The maximum Gasteiger partial charge on any atom is 0.266 e. The van der Waals surface area contributed by atoms with Gasteiger partial charge in [-0.3, -0.25) is 14.4 Å². The molecule has 2 N–H and O–H groups in total. The van der Waals surface area contributed by atoms with Gasteiger partial charge in [-0.05, 0) is 31.0 Å². The molecule has 0 aliphatic heterocycles. The van der Waals surface area contributed by atoms with Gasteiger partial charge < -0.3 is 5.32 Å². The van der Waals surface area contributed by atoms with E-state index < -0.39 is 17.9 Å². The molecule has 0 aliphatic rings. The van der Waals surface area contributed by atoms with Crippen LogP contribution in [0, 0.1) is 5.92 Å². The summed E-state index contributed by atoms with van der Waals surface area (Å²) in [5, 5.41) is 3.31. The molecular weight excluding hydrogens is 315 g/mol. The highest BCUT2D eigenvalue weighted by Gasteiger charge is 2.25. The van der Waals surface area contributed by atoms with Gasteiger partial charge >= 0.3 is 0 Å². The first-order valence-corrected chi connectivity index (χ1v) is 7.30. The topological polar surface area (TPSA) is 67.4 Å². The molecule has 116 valence electrons. The molecule has 5 nitrogen and oxygen atoms in total. The Hall–Kier alpha value is -1.30. The summed E-state index contributed by atoms with van der Waals surface area (Å²) in [6.45, 7) is 5.73. The molecule has 0 unspecified atom stereocenters. The molecule has 0 radical (unpaired) electrons. The Morgan fingerprint density at radius 3 is 2.48 bits per heavy atom. The highest BCUT2D eigenvalue weighted by Crippen LogP contribution is 2.21. The lowest BCUT2D eigenvalue weighted by atomic mass is 10.0. The fraction of sp³-hybridized carbons (Fsp3) is 0.429. The van der Waals surface area contributed by atoms with E-state index in [0.717, 1.165) is 0 Å². The largest absolute Gasteiger partial charge is 0.340 e. The summed E-state index contributed by atoms with van der Waals surface area (Å²) in [5.74, 6) is -0.965. The van der Waals surface area contributed by atoms with Crippen molar-refractivity contribution >= 4 is 35.0 Å². The number of nitrogens with one attached hydrogen (secondary N) is 2. The predicted octanol–water partition coefficient (Wildman–Crippen LogP) is 2.82. The molecule has 2 amide bonds. The van der Waals surface area contributed by atoms with Crippen LogP contribution in [0.3, 0.4) is 0 Å². The van der Waals surface area contributed by atoms with Gasteiger partial charge in [-0.25, -0.2) is 5.48 Å². The minimum absolute atomic E-state index is 0.111. The van der Waals surface area contributed by atoms with E-state index in [1.165, 1.54) is 12.1 Å². The van der Waals surface area contributed by atoms with E-state index >= 15 is 0 Å². The van der Waals surface area contributed by atoms with Crippen LogP contribution in [0.2, 0.25) is 10.0 Å². The Morgan fingerprint density at radius 1 is 1.29 bits per heavy atom. The highest BCUT2D eigenvalue weighted by molar-refractivity contribution is 6.36. The van der Waals surface area contributed by atoms with E-state index in [1.54, 1.807) is 13.0 Å². The molecule has 0 fully saturated rings. The molecule has 1 atom stereocenters. The van der Waals surface area contributed by atoms with Crippen molar-refractivity contribution in [2.75, 3.05) is 6.61 Å². The Balaban J connectivity index is 2.83. The monoisotopic (exact) mass is 332 g/mol. The van der Waals surface area contributed by atoms with Crippen molar-refractivity contribution in [3.8, 4) is 0 Å². The summed E-state index contributed by atoms with van der Waals surface area (Å²) < 4.78 is 0. The standard InChI is InChI=1S/C14H18Cl2N2O3/c1-4-21-18-14(20)12(8(2)3)17-13(19)10-6-5-9(15)7-11(10)16/h5-8,12H,4H2,1-3H3,(H,17,19)(H,18,20)/t12-/m1/s1. The molecule has 0 heterocycles. The third-order valence-corrected chi connectivity index (χ3v) is 3.28. The summed E-state index contributed by atoms with van der Waals surface area (Å²) in [6.07, 6.45) is 0. The first-order valence-electron chi connectivity index (χ1n) is 6.54. The van der Waals surface area contributed by atoms with E-state index in [0.29, 0.717) is 11.6 Å². The van der Waals surface area contributed by atoms with Crippen molar-refractivity contribution in [1.29, 1.82) is 0 Å². The summed E-state index contributed by atoms with van der Waals surface area (Å²) in [5.41, 5.74) is 2.55. The van der Waals surface area contributed by atoms with Crippen LogP contribution in [0.5, 0.6) is 0 Å². The Bertz CT molecular complexity index is 521. The number of carbonyl (C=O) groups is 2. The van der Waals surface area contributed by atoms with Gasteiger partial charge in [0.2, 0.25) is 0 Å². The third-order valence-electron chi connectivity index (χ3n) is 2.73. The van der Waals surface area contributed by atoms with Crippen molar-refractivity contribution < 1.29 is 14.4 Å². The zero-order valence-electron chi connectivity index (χ0n) is 12.1. The maximum atomic E-state index is 12.2. The van der Waals surface area contributed by atoms with Crippen LogP contribution in [0.25, 0.3) is 0 Å². The number of halogens is 2. The Kier molecular flexibility index (Phi) is 6.95. The van der Waals surface area contributed by atoms with E-state index in [-0.39, 0.29) is 16.5 Å². The first kappa shape index (κ1) is 17.8. The zero-order valence-corrected chi connectivity index (χ0v) is 13.6. The van der Waals surface area contributed by atoms with Gasteiger partial charge in [-0.2, -0.15) is 0 Å². The van der Waals surface area contributed by atoms with Crippen LogP contribution in [0.1, 0.15) is 31.1 Å². The average Bonchev–Trinajstić information content (AvgIpc) is 2.41. The van der Waals surface area contributed by atoms with E-state index in [1.807, 2.05) is 13.8 Å². The molecular formula is C14H18Cl2N2O3. The van der Waals surface area contributed by atoms with Crippen LogP contribution >= 0.6 is 23.2 Å². The summed E-state index contributed by atoms with van der Waals surface area (Å²) in [6, 6.07) is 3.82. The van der Waals surface area contributed by atoms with Crippen molar-refractivity contribution in [3.63, 3.8) is 0 Å². The molecule has 21 heavy (non-hydrogen) atoms. The lowest BCUT2D eigenvalue weighted by molar-refractivity contribution is -0.136. The van der Waals surface area contributed by atoms with Crippen LogP contribution in [-0.2, 0) is 9.63 Å². The number of amides is 2. The SMILES string of the molecule is CCONC(=O)[C@H](NC(=O)c1ccc(Cl)cc1Cl)C(C)C. The third kappa shape index (κ3) is 5.19. The number of benzene rings is 1. The van der Waals surface area contributed by atoms with Gasteiger partial charge in [-0.1, -0.05) is 37.0 Å². The number of hydrogen-bond acceptors (Lipinski definition) is 3. The summed E-state index contributed by atoms with van der Waals surface area (Å²) >= 11 is 11.8. The predicted molar refractivity (Wildman–Crippen MR) is 82.3 cm³/mol. The molecule has 0 spiro atoms. The second-order valence-corrected chi connectivity index (χ2v) is 5.56. The van der Waals surface area contributed by atoms with Crippen molar-refractivity contribution in [2.45, 2.75) is 26.8 Å². The van der Waals surface area contributed by atoms with Crippen molar-refractivity contribution in [2.24, 2.45) is 5.92 Å². The van der Waals surface area contributed by atoms with Gasteiger partial charge in [0.25, 0.3) is 11.8 Å². The van der Waals surface area contributed by atoms with Crippen LogP contribution in [0.15, 0.2) is 18.2 Å². The molecule has 1 aromatic carbocycles. The lowest BCUT2D eigenvalue weighted by Gasteiger charge is -2.21. The molecule has 0 aromatic heterocycles. The van der Waals surface area contributed by atoms with Gasteiger partial charge in [0.15, 0.2) is 0 Å². The Labute approximate surface area is 133 Å². The number of hydrogen-bond donors (Lipinski definition) is 2. The zero-order chi connectivity index (χ0) is 16.0. The Morgan fingerprint density at radius 2 is 1.95 bits per heavy atom. The first-order chi connectivity index (χ1) is 9.86. The number of hydroxylamine groups is 1. The van der Waals surface area contributed by atoms with Gasteiger partial charge in [0, 0.05) is 5.02 Å². The molecule has 7 heteroatoms.